The number of nitrogens with one attached hydrogen (secondary N) is 2. The number of aromatic nitrogens is 1. The molecule has 0 radical (unpaired) electrons. The first-order valence-corrected chi connectivity index (χ1v) is 7.24. The maximum absolute atomic E-state index is 11.9. The van der Waals surface area contributed by atoms with Crippen molar-refractivity contribution in [3.05, 3.63) is 51.7 Å². The van der Waals surface area contributed by atoms with Crippen molar-refractivity contribution in [2.75, 3.05) is 0 Å². The van der Waals surface area contributed by atoms with E-state index in [9.17, 15) is 4.79 Å². The number of ether oxygens (including phenoxy) is 1. The number of carbonyl (C=O) groups excluding carboxylic acids is 1. The van der Waals surface area contributed by atoms with Gasteiger partial charge in [0.1, 0.15) is 5.75 Å². The van der Waals surface area contributed by atoms with E-state index in [1.165, 1.54) is 0 Å². The molecular formula is C14H14BrClN2O2. The van der Waals surface area contributed by atoms with Crippen molar-refractivity contribution in [3.8, 4) is 5.75 Å². The molecule has 1 atom stereocenters. The standard InChI is InChI=1S/C14H14BrClN2O2/c1-9(14(19)18-8-10-4-5-17-7-10)20-13-3-2-11(16)6-12(13)15/h2-7,9,17H,8H2,1H3,(H,18,19). The minimum Gasteiger partial charge on any atom is -0.480 e. The van der Waals surface area contributed by atoms with Gasteiger partial charge >= 0.3 is 0 Å². The van der Waals surface area contributed by atoms with E-state index in [4.69, 9.17) is 16.3 Å². The van der Waals surface area contributed by atoms with E-state index < -0.39 is 6.10 Å². The number of hydrogen-bond acceptors (Lipinski definition) is 2. The van der Waals surface area contributed by atoms with Crippen molar-refractivity contribution in [1.82, 2.24) is 10.3 Å². The van der Waals surface area contributed by atoms with Crippen LogP contribution in [0.5, 0.6) is 5.75 Å². The second kappa shape index (κ2) is 6.81. The van der Waals surface area contributed by atoms with E-state index in [1.807, 2.05) is 18.5 Å². The van der Waals surface area contributed by atoms with E-state index in [0.717, 1.165) is 10.0 Å². The molecule has 0 aliphatic rings. The van der Waals surface area contributed by atoms with Crippen molar-refractivity contribution in [1.29, 1.82) is 0 Å². The van der Waals surface area contributed by atoms with Crippen LogP contribution in [-0.2, 0) is 11.3 Å². The molecule has 0 saturated carbocycles. The van der Waals surface area contributed by atoms with Crippen LogP contribution >= 0.6 is 27.5 Å². The largest absolute Gasteiger partial charge is 0.480 e. The summed E-state index contributed by atoms with van der Waals surface area (Å²) < 4.78 is 6.32. The topological polar surface area (TPSA) is 54.1 Å². The molecule has 0 saturated heterocycles. The van der Waals surface area contributed by atoms with E-state index in [-0.39, 0.29) is 5.91 Å². The molecule has 2 rings (SSSR count). The zero-order valence-corrected chi connectivity index (χ0v) is 13.2. The Morgan fingerprint density at radius 2 is 2.30 bits per heavy atom. The van der Waals surface area contributed by atoms with Crippen LogP contribution in [0, 0.1) is 0 Å². The summed E-state index contributed by atoms with van der Waals surface area (Å²) in [5, 5.41) is 3.42. The minimum absolute atomic E-state index is 0.173. The lowest BCUT2D eigenvalue weighted by molar-refractivity contribution is -0.127. The van der Waals surface area contributed by atoms with Crippen LogP contribution in [-0.4, -0.2) is 17.0 Å². The van der Waals surface area contributed by atoms with Crippen LogP contribution in [0.25, 0.3) is 0 Å². The molecule has 0 fully saturated rings. The van der Waals surface area contributed by atoms with Crippen molar-refractivity contribution in [2.45, 2.75) is 19.6 Å². The van der Waals surface area contributed by atoms with Crippen LogP contribution < -0.4 is 10.1 Å². The molecule has 20 heavy (non-hydrogen) atoms. The fraction of sp³-hybridized carbons (Fsp3) is 0.214. The second-order valence-corrected chi connectivity index (χ2v) is 5.56. The highest BCUT2D eigenvalue weighted by atomic mass is 79.9. The summed E-state index contributed by atoms with van der Waals surface area (Å²) in [5.74, 6) is 0.409. The van der Waals surface area contributed by atoms with Gasteiger partial charge in [0.25, 0.3) is 5.91 Å². The SMILES string of the molecule is CC(Oc1ccc(Cl)cc1Br)C(=O)NCc1cc[nH]c1. The van der Waals surface area contributed by atoms with Crippen molar-refractivity contribution >= 4 is 33.4 Å². The van der Waals surface area contributed by atoms with Gasteiger partial charge in [0, 0.05) is 24.0 Å². The van der Waals surface area contributed by atoms with E-state index in [0.29, 0.717) is 17.3 Å². The highest BCUT2D eigenvalue weighted by Crippen LogP contribution is 2.28. The summed E-state index contributed by atoms with van der Waals surface area (Å²) >= 11 is 9.20. The first-order valence-electron chi connectivity index (χ1n) is 6.07. The van der Waals surface area contributed by atoms with Gasteiger partial charge in [-0.15, -0.1) is 0 Å². The quantitative estimate of drug-likeness (QED) is 0.860. The number of benzene rings is 1. The van der Waals surface area contributed by atoms with Gasteiger partial charge in [-0.3, -0.25) is 4.79 Å². The van der Waals surface area contributed by atoms with E-state index in [1.54, 1.807) is 25.1 Å². The molecule has 0 spiro atoms. The molecule has 4 nitrogen and oxygen atoms in total. The van der Waals surface area contributed by atoms with Crippen LogP contribution in [0.1, 0.15) is 12.5 Å². The van der Waals surface area contributed by atoms with Gasteiger partial charge in [-0.2, -0.15) is 0 Å². The van der Waals surface area contributed by atoms with Crippen LogP contribution in [0.3, 0.4) is 0 Å². The molecule has 2 N–H and O–H groups in total. The average molecular weight is 358 g/mol. The number of H-pyrrole nitrogens is 1. The van der Waals surface area contributed by atoms with E-state index in [2.05, 4.69) is 26.2 Å². The molecule has 106 valence electrons. The first-order chi connectivity index (χ1) is 9.56. The minimum atomic E-state index is -0.591. The molecule has 1 heterocycles. The predicted octanol–water partition coefficient (Wildman–Crippen LogP) is 3.51. The molecule has 1 unspecified atom stereocenters. The van der Waals surface area contributed by atoms with Gasteiger partial charge in [-0.05, 0) is 52.7 Å². The summed E-state index contributed by atoms with van der Waals surface area (Å²) in [7, 11) is 0. The highest BCUT2D eigenvalue weighted by molar-refractivity contribution is 9.10. The van der Waals surface area contributed by atoms with E-state index >= 15 is 0 Å². The van der Waals surface area contributed by atoms with Gasteiger partial charge in [-0.25, -0.2) is 0 Å². The lowest BCUT2D eigenvalue weighted by atomic mass is 10.3. The monoisotopic (exact) mass is 356 g/mol. The first kappa shape index (κ1) is 14.9. The third-order valence-corrected chi connectivity index (χ3v) is 3.55. The number of amides is 1. The Bertz CT molecular complexity index is 587. The number of carbonyl (C=O) groups is 1. The van der Waals surface area contributed by atoms with Gasteiger partial charge in [0.05, 0.1) is 4.47 Å². The number of halogens is 2. The van der Waals surface area contributed by atoms with Crippen molar-refractivity contribution in [2.24, 2.45) is 0 Å². The number of rotatable bonds is 5. The Hall–Kier alpha value is -1.46. The summed E-state index contributed by atoms with van der Waals surface area (Å²) in [4.78, 5) is 14.9. The maximum Gasteiger partial charge on any atom is 0.261 e. The molecule has 6 heteroatoms. The fourth-order valence-corrected chi connectivity index (χ4v) is 2.39. The lowest BCUT2D eigenvalue weighted by Gasteiger charge is -2.15. The van der Waals surface area contributed by atoms with Crippen LogP contribution in [0.15, 0.2) is 41.1 Å². The highest BCUT2D eigenvalue weighted by Gasteiger charge is 2.15. The molecule has 0 bridgehead atoms. The maximum atomic E-state index is 11.9. The molecule has 1 aromatic carbocycles. The predicted molar refractivity (Wildman–Crippen MR) is 81.9 cm³/mol. The summed E-state index contributed by atoms with van der Waals surface area (Å²) in [6.45, 7) is 2.17. The number of aromatic amines is 1. The zero-order valence-electron chi connectivity index (χ0n) is 10.8. The molecule has 2 aromatic rings. The second-order valence-electron chi connectivity index (χ2n) is 4.27. The Labute approximate surface area is 130 Å². The molecule has 1 aromatic heterocycles. The van der Waals surface area contributed by atoms with Crippen LogP contribution in [0.2, 0.25) is 5.02 Å². The normalized spacial score (nSPS) is 11.9. The van der Waals surface area contributed by atoms with Crippen molar-refractivity contribution < 1.29 is 9.53 Å². The van der Waals surface area contributed by atoms with Crippen LogP contribution in [0.4, 0.5) is 0 Å². The van der Waals surface area contributed by atoms with Gasteiger partial charge in [0.15, 0.2) is 6.10 Å². The Balaban J connectivity index is 1.90. The summed E-state index contributed by atoms with van der Waals surface area (Å²) in [6, 6.07) is 7.07. The molecule has 1 amide bonds. The van der Waals surface area contributed by atoms with Gasteiger partial charge in [-0.1, -0.05) is 11.6 Å². The molecule has 0 aliphatic heterocycles. The zero-order chi connectivity index (χ0) is 14.5. The summed E-state index contributed by atoms with van der Waals surface area (Å²) in [5.41, 5.74) is 1.01. The summed E-state index contributed by atoms with van der Waals surface area (Å²) in [6.07, 6.45) is 3.06. The van der Waals surface area contributed by atoms with Crippen molar-refractivity contribution in [3.63, 3.8) is 0 Å². The Kier molecular flexibility index (Phi) is 5.09. The van der Waals surface area contributed by atoms with Gasteiger partial charge < -0.3 is 15.0 Å². The smallest absolute Gasteiger partial charge is 0.261 e. The third-order valence-electron chi connectivity index (χ3n) is 2.70. The Morgan fingerprint density at radius 3 is 2.95 bits per heavy atom. The Morgan fingerprint density at radius 1 is 1.50 bits per heavy atom. The number of hydrogen-bond donors (Lipinski definition) is 2. The molecule has 0 aliphatic carbocycles. The van der Waals surface area contributed by atoms with Gasteiger partial charge in [0.2, 0.25) is 0 Å². The molecular weight excluding hydrogens is 344 g/mol. The fourth-order valence-electron chi connectivity index (χ4n) is 1.62. The lowest BCUT2D eigenvalue weighted by Crippen LogP contribution is -2.35. The third kappa shape index (κ3) is 4.02. The average Bonchev–Trinajstić information content (AvgIpc) is 2.92.